The number of rotatable bonds is 2. The first-order valence-corrected chi connectivity index (χ1v) is 16.0. The van der Waals surface area contributed by atoms with Gasteiger partial charge >= 0.3 is 0 Å². The molecule has 0 radical (unpaired) electrons. The Balaban J connectivity index is 1.24. The molecule has 2 nitrogen and oxygen atoms in total. The van der Waals surface area contributed by atoms with Crippen molar-refractivity contribution in [2.24, 2.45) is 0 Å². The summed E-state index contributed by atoms with van der Waals surface area (Å²) in [5, 5.41) is 10.4. The van der Waals surface area contributed by atoms with E-state index in [0.717, 1.165) is 11.4 Å². The van der Waals surface area contributed by atoms with Gasteiger partial charge in [-0.2, -0.15) is 0 Å². The Labute approximate surface area is 265 Å². The van der Waals surface area contributed by atoms with Crippen LogP contribution >= 0.6 is 0 Å². The van der Waals surface area contributed by atoms with Crippen LogP contribution in [0, 0.1) is 0 Å². The predicted molar refractivity (Wildman–Crippen MR) is 195 cm³/mol. The highest BCUT2D eigenvalue weighted by Gasteiger charge is 2.26. The third kappa shape index (κ3) is 3.01. The van der Waals surface area contributed by atoms with E-state index in [1.54, 1.807) is 0 Å². The number of aromatic nitrogens is 2. The lowest BCUT2D eigenvalue weighted by molar-refractivity contribution is 1.15. The Bertz CT molecular complexity index is 2850. The van der Waals surface area contributed by atoms with Gasteiger partial charge in [0.25, 0.3) is 0 Å². The van der Waals surface area contributed by atoms with Gasteiger partial charge in [0.1, 0.15) is 0 Å². The van der Waals surface area contributed by atoms with Crippen LogP contribution in [0.2, 0.25) is 0 Å². The van der Waals surface area contributed by atoms with Crippen molar-refractivity contribution in [3.05, 3.63) is 158 Å². The molecule has 11 rings (SSSR count). The van der Waals surface area contributed by atoms with Crippen molar-refractivity contribution in [2.45, 2.75) is 0 Å². The van der Waals surface area contributed by atoms with E-state index in [1.807, 2.05) is 0 Å². The molecule has 2 aromatic heterocycles. The third-order valence-corrected chi connectivity index (χ3v) is 10.2. The van der Waals surface area contributed by atoms with Gasteiger partial charge in [-0.15, -0.1) is 0 Å². The third-order valence-electron chi connectivity index (χ3n) is 10.2. The fourth-order valence-electron chi connectivity index (χ4n) is 8.37. The fraction of sp³-hybridized carbons (Fsp3) is 0. The van der Waals surface area contributed by atoms with E-state index < -0.39 is 0 Å². The molecule has 46 heavy (non-hydrogen) atoms. The lowest BCUT2D eigenvalue weighted by Gasteiger charge is -2.12. The zero-order valence-electron chi connectivity index (χ0n) is 24.9. The Hall–Kier alpha value is -6.12. The summed E-state index contributed by atoms with van der Waals surface area (Å²) in [6, 6.07) is 58.1. The molecular weight excluding hydrogens is 556 g/mol. The molecular formula is C44H26N2. The molecule has 0 fully saturated rings. The summed E-state index contributed by atoms with van der Waals surface area (Å²) in [6.45, 7) is 0. The highest BCUT2D eigenvalue weighted by atomic mass is 15.0. The standard InChI is InChI=1S/C44H26N2/c1-2-11-30-27(10-1)20-25-40-43(30)44-36-17-9-16-35-31-12-3-4-13-32(31)37(42(35)36)26-41(44)46(40)29-23-21-28(22-24-29)45-38-18-7-5-14-33(38)34-15-6-8-19-39(34)45/h1-26H. The number of para-hydroxylation sites is 2. The topological polar surface area (TPSA) is 9.86 Å². The van der Waals surface area contributed by atoms with Crippen molar-refractivity contribution in [2.75, 3.05) is 0 Å². The van der Waals surface area contributed by atoms with Crippen molar-refractivity contribution in [1.29, 1.82) is 0 Å². The van der Waals surface area contributed by atoms with Crippen molar-refractivity contribution >= 4 is 65.2 Å². The second-order valence-electron chi connectivity index (χ2n) is 12.5. The van der Waals surface area contributed by atoms with Crippen molar-refractivity contribution in [3.8, 4) is 33.6 Å². The van der Waals surface area contributed by atoms with Gasteiger partial charge in [-0.05, 0) is 92.3 Å². The maximum Gasteiger partial charge on any atom is 0.0553 e. The van der Waals surface area contributed by atoms with E-state index in [1.165, 1.54) is 87.4 Å². The van der Waals surface area contributed by atoms with Crippen LogP contribution in [-0.2, 0) is 0 Å². The number of fused-ring (bicyclic) bond motifs is 12. The van der Waals surface area contributed by atoms with Crippen LogP contribution in [0.3, 0.4) is 0 Å². The Morgan fingerprint density at radius 2 is 0.804 bits per heavy atom. The highest BCUT2D eigenvalue weighted by molar-refractivity contribution is 6.33. The fourth-order valence-corrected chi connectivity index (χ4v) is 8.37. The van der Waals surface area contributed by atoms with Crippen LogP contribution in [0.15, 0.2) is 158 Å². The van der Waals surface area contributed by atoms with E-state index >= 15 is 0 Å². The van der Waals surface area contributed by atoms with Gasteiger partial charge in [0.05, 0.1) is 22.1 Å². The second kappa shape index (κ2) is 8.74. The Morgan fingerprint density at radius 3 is 1.52 bits per heavy atom. The molecule has 8 aromatic carbocycles. The molecule has 10 aromatic rings. The van der Waals surface area contributed by atoms with E-state index in [-0.39, 0.29) is 0 Å². The minimum Gasteiger partial charge on any atom is -0.309 e. The van der Waals surface area contributed by atoms with E-state index in [4.69, 9.17) is 0 Å². The summed E-state index contributed by atoms with van der Waals surface area (Å²) >= 11 is 0. The van der Waals surface area contributed by atoms with Crippen LogP contribution in [0.1, 0.15) is 0 Å². The summed E-state index contributed by atoms with van der Waals surface area (Å²) in [6.07, 6.45) is 0. The highest BCUT2D eigenvalue weighted by Crippen LogP contribution is 2.51. The second-order valence-corrected chi connectivity index (χ2v) is 12.5. The molecule has 0 amide bonds. The zero-order chi connectivity index (χ0) is 29.9. The minimum atomic E-state index is 1.16. The van der Waals surface area contributed by atoms with Gasteiger partial charge < -0.3 is 9.13 Å². The summed E-state index contributed by atoms with van der Waals surface area (Å²) < 4.78 is 4.87. The van der Waals surface area contributed by atoms with Gasteiger partial charge in [0.15, 0.2) is 0 Å². The number of benzene rings is 8. The largest absolute Gasteiger partial charge is 0.309 e. The van der Waals surface area contributed by atoms with Crippen molar-refractivity contribution < 1.29 is 0 Å². The van der Waals surface area contributed by atoms with Crippen LogP contribution in [0.5, 0.6) is 0 Å². The summed E-state index contributed by atoms with van der Waals surface area (Å²) in [5.41, 5.74) is 12.6. The molecule has 0 aliphatic heterocycles. The normalized spacial score (nSPS) is 12.3. The summed E-state index contributed by atoms with van der Waals surface area (Å²) in [5.74, 6) is 0. The van der Waals surface area contributed by atoms with Gasteiger partial charge in [-0.25, -0.2) is 0 Å². The molecule has 2 heteroatoms. The Kier molecular flexibility index (Phi) is 4.61. The number of hydrogen-bond donors (Lipinski definition) is 0. The Morgan fingerprint density at radius 1 is 0.283 bits per heavy atom. The molecule has 1 aliphatic rings. The first-order valence-electron chi connectivity index (χ1n) is 16.0. The average Bonchev–Trinajstić information content (AvgIpc) is 3.76. The van der Waals surface area contributed by atoms with Crippen LogP contribution < -0.4 is 0 Å². The smallest absolute Gasteiger partial charge is 0.0553 e. The minimum absolute atomic E-state index is 1.16. The molecule has 0 spiro atoms. The van der Waals surface area contributed by atoms with Crippen LogP contribution in [0.4, 0.5) is 0 Å². The van der Waals surface area contributed by atoms with Crippen molar-refractivity contribution in [3.63, 3.8) is 0 Å². The van der Waals surface area contributed by atoms with Crippen molar-refractivity contribution in [1.82, 2.24) is 9.13 Å². The SMILES string of the molecule is c1ccc2c(c1)-c1cccc3c1c-2cc1c3c2c3ccccc3ccc2n1-c1ccc(-n2c3ccccc3c3ccccc32)cc1. The maximum atomic E-state index is 2.48. The quantitative estimate of drug-likeness (QED) is 0.192. The zero-order valence-corrected chi connectivity index (χ0v) is 24.9. The molecule has 212 valence electrons. The van der Waals surface area contributed by atoms with Crippen LogP contribution in [0.25, 0.3) is 98.8 Å². The molecule has 1 aliphatic carbocycles. The maximum absolute atomic E-state index is 2.48. The number of nitrogens with zero attached hydrogens (tertiary/aromatic N) is 2. The van der Waals surface area contributed by atoms with E-state index in [0.29, 0.717) is 0 Å². The van der Waals surface area contributed by atoms with Gasteiger partial charge in [0, 0.05) is 32.9 Å². The first kappa shape index (κ1) is 24.2. The molecule has 2 heterocycles. The lowest BCUT2D eigenvalue weighted by atomic mass is 9.96. The monoisotopic (exact) mass is 582 g/mol. The molecule has 0 bridgehead atoms. The first-order chi connectivity index (χ1) is 22.8. The lowest BCUT2D eigenvalue weighted by Crippen LogP contribution is -1.97. The molecule has 0 atom stereocenters. The summed E-state index contributed by atoms with van der Waals surface area (Å²) in [7, 11) is 0. The molecule has 0 unspecified atom stereocenters. The average molecular weight is 583 g/mol. The van der Waals surface area contributed by atoms with Gasteiger partial charge in [0.2, 0.25) is 0 Å². The van der Waals surface area contributed by atoms with E-state index in [2.05, 4.69) is 167 Å². The number of hydrogen-bond acceptors (Lipinski definition) is 0. The van der Waals surface area contributed by atoms with Gasteiger partial charge in [-0.1, -0.05) is 109 Å². The van der Waals surface area contributed by atoms with Crippen LogP contribution in [-0.4, -0.2) is 9.13 Å². The molecule has 0 saturated carbocycles. The van der Waals surface area contributed by atoms with Gasteiger partial charge in [-0.3, -0.25) is 0 Å². The van der Waals surface area contributed by atoms with E-state index in [9.17, 15) is 0 Å². The molecule has 0 saturated heterocycles. The predicted octanol–water partition coefficient (Wildman–Crippen LogP) is 11.8. The summed E-state index contributed by atoms with van der Waals surface area (Å²) in [4.78, 5) is 0. The molecule has 0 N–H and O–H groups in total.